The van der Waals surface area contributed by atoms with Crippen LogP contribution in [0.2, 0.25) is 0 Å². The van der Waals surface area contributed by atoms with Gasteiger partial charge in [-0.05, 0) is 35.0 Å². The molecule has 0 aliphatic rings. The number of carbonyl (C=O) groups excluding carboxylic acids is 1. The van der Waals surface area contributed by atoms with E-state index in [0.29, 0.717) is 16.7 Å². The van der Waals surface area contributed by atoms with Gasteiger partial charge in [0.25, 0.3) is 5.91 Å². The van der Waals surface area contributed by atoms with Crippen molar-refractivity contribution >= 4 is 21.8 Å². The fourth-order valence-corrected chi connectivity index (χ4v) is 2.07. The summed E-state index contributed by atoms with van der Waals surface area (Å²) in [6, 6.07) is 3.56. The largest absolute Gasteiger partial charge is 0.346 e. The van der Waals surface area contributed by atoms with Crippen LogP contribution in [0.5, 0.6) is 0 Å². The fraction of sp³-hybridized carbons (Fsp3) is 0.250. The second-order valence-corrected chi connectivity index (χ2v) is 4.78. The van der Waals surface area contributed by atoms with Crippen molar-refractivity contribution in [2.45, 2.75) is 13.5 Å². The van der Waals surface area contributed by atoms with Crippen LogP contribution in [0.4, 0.5) is 0 Å². The van der Waals surface area contributed by atoms with Crippen molar-refractivity contribution in [1.82, 2.24) is 20.1 Å². The zero-order valence-corrected chi connectivity index (χ0v) is 11.7. The van der Waals surface area contributed by atoms with Crippen LogP contribution in [0.3, 0.4) is 0 Å². The summed E-state index contributed by atoms with van der Waals surface area (Å²) in [7, 11) is 1.85. The molecule has 0 aromatic carbocycles. The van der Waals surface area contributed by atoms with Gasteiger partial charge in [0, 0.05) is 36.0 Å². The Morgan fingerprint density at radius 2 is 2.33 bits per heavy atom. The Morgan fingerprint density at radius 1 is 1.56 bits per heavy atom. The monoisotopic (exact) mass is 308 g/mol. The van der Waals surface area contributed by atoms with E-state index in [2.05, 4.69) is 31.3 Å². The maximum atomic E-state index is 11.9. The van der Waals surface area contributed by atoms with Gasteiger partial charge in [0.2, 0.25) is 0 Å². The van der Waals surface area contributed by atoms with E-state index < -0.39 is 0 Å². The van der Waals surface area contributed by atoms with Crippen molar-refractivity contribution in [3.63, 3.8) is 0 Å². The maximum absolute atomic E-state index is 11.9. The lowest BCUT2D eigenvalue weighted by molar-refractivity contribution is 0.0945. The van der Waals surface area contributed by atoms with Crippen molar-refractivity contribution in [3.8, 4) is 0 Å². The molecule has 0 saturated carbocycles. The predicted octanol–water partition coefficient (Wildman–Crippen LogP) is 1.82. The second kappa shape index (κ2) is 5.30. The summed E-state index contributed by atoms with van der Waals surface area (Å²) in [6.07, 6.45) is 3.48. The Morgan fingerprint density at radius 3 is 2.94 bits per heavy atom. The van der Waals surface area contributed by atoms with Crippen molar-refractivity contribution in [2.24, 2.45) is 7.05 Å². The summed E-state index contributed by atoms with van der Waals surface area (Å²) >= 11 is 3.30. The molecule has 18 heavy (non-hydrogen) atoms. The van der Waals surface area contributed by atoms with Crippen LogP contribution in [-0.2, 0) is 13.6 Å². The molecule has 2 aromatic rings. The average Bonchev–Trinajstić information content (AvgIpc) is 2.65. The van der Waals surface area contributed by atoms with Crippen molar-refractivity contribution < 1.29 is 4.79 Å². The van der Waals surface area contributed by atoms with E-state index in [4.69, 9.17) is 0 Å². The Balaban J connectivity index is 2.05. The zero-order valence-electron chi connectivity index (χ0n) is 10.1. The lowest BCUT2D eigenvalue weighted by Crippen LogP contribution is -2.24. The van der Waals surface area contributed by atoms with Gasteiger partial charge in [-0.15, -0.1) is 0 Å². The van der Waals surface area contributed by atoms with Crippen molar-refractivity contribution in [1.29, 1.82) is 0 Å². The molecule has 0 fully saturated rings. The molecule has 0 aliphatic carbocycles. The van der Waals surface area contributed by atoms with E-state index >= 15 is 0 Å². The normalized spacial score (nSPS) is 10.4. The summed E-state index contributed by atoms with van der Waals surface area (Å²) in [4.78, 5) is 16.0. The Bertz CT molecular complexity index is 579. The maximum Gasteiger partial charge on any atom is 0.271 e. The zero-order chi connectivity index (χ0) is 13.1. The van der Waals surface area contributed by atoms with Crippen molar-refractivity contribution in [2.75, 3.05) is 0 Å². The van der Waals surface area contributed by atoms with Crippen LogP contribution >= 0.6 is 15.9 Å². The highest BCUT2D eigenvalue weighted by atomic mass is 79.9. The van der Waals surface area contributed by atoms with Gasteiger partial charge < -0.3 is 5.32 Å². The number of nitrogens with one attached hydrogen (secondary N) is 1. The molecule has 0 unspecified atom stereocenters. The SMILES string of the molecule is Cc1nn(C)cc1CNC(=O)c1ncccc1Br. The molecular formula is C12H13BrN4O. The molecule has 2 rings (SSSR count). The Kier molecular flexibility index (Phi) is 3.76. The van der Waals surface area contributed by atoms with Crippen LogP contribution in [0.25, 0.3) is 0 Å². The molecule has 0 atom stereocenters. The summed E-state index contributed by atoms with van der Waals surface area (Å²) in [5, 5.41) is 7.05. The first-order valence-corrected chi connectivity index (χ1v) is 6.25. The molecule has 94 valence electrons. The number of aromatic nitrogens is 3. The van der Waals surface area contributed by atoms with Gasteiger partial charge in [-0.2, -0.15) is 5.10 Å². The van der Waals surface area contributed by atoms with Gasteiger partial charge in [-0.1, -0.05) is 0 Å². The summed E-state index contributed by atoms with van der Waals surface area (Å²) in [5.41, 5.74) is 2.30. The van der Waals surface area contributed by atoms with E-state index in [-0.39, 0.29) is 5.91 Å². The van der Waals surface area contributed by atoms with E-state index in [1.165, 1.54) is 0 Å². The predicted molar refractivity (Wildman–Crippen MR) is 71.1 cm³/mol. The number of hydrogen-bond donors (Lipinski definition) is 1. The fourth-order valence-electron chi connectivity index (χ4n) is 1.63. The minimum atomic E-state index is -0.203. The molecular weight excluding hydrogens is 296 g/mol. The quantitative estimate of drug-likeness (QED) is 0.941. The molecule has 6 heteroatoms. The lowest BCUT2D eigenvalue weighted by atomic mass is 10.2. The summed E-state index contributed by atoms with van der Waals surface area (Å²) < 4.78 is 2.42. The first-order valence-electron chi connectivity index (χ1n) is 5.46. The van der Waals surface area contributed by atoms with Gasteiger partial charge in [0.05, 0.1) is 5.69 Å². The minimum Gasteiger partial charge on any atom is -0.346 e. The lowest BCUT2D eigenvalue weighted by Gasteiger charge is -2.05. The third-order valence-corrected chi connectivity index (χ3v) is 3.17. The Hall–Kier alpha value is -1.69. The second-order valence-electron chi connectivity index (χ2n) is 3.93. The Labute approximate surface area is 113 Å². The molecule has 0 spiro atoms. The van der Waals surface area contributed by atoms with Gasteiger partial charge in [-0.25, -0.2) is 4.98 Å². The number of halogens is 1. The van der Waals surface area contributed by atoms with Crippen LogP contribution < -0.4 is 5.32 Å². The van der Waals surface area contributed by atoms with Crippen LogP contribution in [0.15, 0.2) is 29.0 Å². The van der Waals surface area contributed by atoms with Crippen LogP contribution in [0.1, 0.15) is 21.7 Å². The number of nitrogens with zero attached hydrogens (tertiary/aromatic N) is 3. The van der Waals surface area contributed by atoms with E-state index in [9.17, 15) is 4.79 Å². The summed E-state index contributed by atoms with van der Waals surface area (Å²) in [5.74, 6) is -0.203. The molecule has 1 N–H and O–H groups in total. The summed E-state index contributed by atoms with van der Waals surface area (Å²) in [6.45, 7) is 2.36. The molecule has 2 aromatic heterocycles. The third-order valence-electron chi connectivity index (χ3n) is 2.53. The van der Waals surface area contributed by atoms with Gasteiger partial charge >= 0.3 is 0 Å². The van der Waals surface area contributed by atoms with E-state index in [1.54, 1.807) is 23.0 Å². The number of rotatable bonds is 3. The number of hydrogen-bond acceptors (Lipinski definition) is 3. The molecule has 0 radical (unpaired) electrons. The minimum absolute atomic E-state index is 0.203. The average molecular weight is 309 g/mol. The number of aryl methyl sites for hydroxylation is 2. The first kappa shape index (κ1) is 12.8. The number of amides is 1. The van der Waals surface area contributed by atoms with Crippen LogP contribution in [0, 0.1) is 6.92 Å². The van der Waals surface area contributed by atoms with Crippen molar-refractivity contribution in [3.05, 3.63) is 46.0 Å². The van der Waals surface area contributed by atoms with Crippen LogP contribution in [-0.4, -0.2) is 20.7 Å². The highest BCUT2D eigenvalue weighted by Gasteiger charge is 2.11. The first-order chi connectivity index (χ1) is 8.58. The van der Waals surface area contributed by atoms with Gasteiger partial charge in [0.15, 0.2) is 0 Å². The highest BCUT2D eigenvalue weighted by molar-refractivity contribution is 9.10. The molecule has 2 heterocycles. The molecule has 0 bridgehead atoms. The molecule has 5 nitrogen and oxygen atoms in total. The molecule has 0 saturated heterocycles. The molecule has 0 aliphatic heterocycles. The number of carbonyl (C=O) groups is 1. The smallest absolute Gasteiger partial charge is 0.271 e. The van der Waals surface area contributed by atoms with E-state index in [1.807, 2.05) is 20.2 Å². The van der Waals surface area contributed by atoms with Gasteiger partial charge in [0.1, 0.15) is 5.69 Å². The highest BCUT2D eigenvalue weighted by Crippen LogP contribution is 2.13. The standard InChI is InChI=1S/C12H13BrN4O/c1-8-9(7-17(2)16-8)6-15-12(18)11-10(13)4-3-5-14-11/h3-5,7H,6H2,1-2H3,(H,15,18). The third kappa shape index (κ3) is 2.76. The molecule has 1 amide bonds. The topological polar surface area (TPSA) is 59.8 Å². The van der Waals surface area contributed by atoms with Gasteiger partial charge in [-0.3, -0.25) is 9.48 Å². The number of pyridine rings is 1. The van der Waals surface area contributed by atoms with E-state index in [0.717, 1.165) is 11.3 Å².